The van der Waals surface area contributed by atoms with Crippen LogP contribution in [-0.4, -0.2) is 18.1 Å². The van der Waals surface area contributed by atoms with E-state index in [0.29, 0.717) is 6.54 Å². The van der Waals surface area contributed by atoms with Crippen LogP contribution in [0.15, 0.2) is 48.8 Å². The average Bonchev–Trinajstić information content (AvgIpc) is 2.54. The van der Waals surface area contributed by atoms with Crippen LogP contribution in [-0.2, 0) is 6.54 Å². The predicted molar refractivity (Wildman–Crippen MR) is 81.0 cm³/mol. The van der Waals surface area contributed by atoms with Crippen molar-refractivity contribution in [2.24, 2.45) is 0 Å². The number of aromatic nitrogens is 1. The van der Waals surface area contributed by atoms with E-state index in [4.69, 9.17) is 4.74 Å². The second kappa shape index (κ2) is 7.28. The highest BCUT2D eigenvalue weighted by atomic mass is 16.5. The molecular weight excluding hydrogens is 266 g/mol. The van der Waals surface area contributed by atoms with Crippen molar-refractivity contribution >= 4 is 6.03 Å². The van der Waals surface area contributed by atoms with Gasteiger partial charge in [0.25, 0.3) is 0 Å². The molecule has 0 bridgehead atoms. The number of carbonyl (C=O) groups is 1. The highest BCUT2D eigenvalue weighted by Gasteiger charge is 2.08. The average molecular weight is 285 g/mol. The first-order valence-electron chi connectivity index (χ1n) is 6.76. The number of amides is 2. The van der Waals surface area contributed by atoms with E-state index in [9.17, 15) is 4.79 Å². The first-order valence-corrected chi connectivity index (χ1v) is 6.76. The number of urea groups is 1. The molecule has 1 aromatic carbocycles. The van der Waals surface area contributed by atoms with Gasteiger partial charge in [-0.05, 0) is 36.2 Å². The Morgan fingerprint density at radius 1 is 1.29 bits per heavy atom. The molecule has 2 aromatic rings. The van der Waals surface area contributed by atoms with Crippen LogP contribution in [0.4, 0.5) is 4.79 Å². The molecule has 0 spiro atoms. The van der Waals surface area contributed by atoms with Gasteiger partial charge < -0.3 is 15.4 Å². The molecule has 1 aromatic heterocycles. The van der Waals surface area contributed by atoms with Gasteiger partial charge in [0.15, 0.2) is 0 Å². The van der Waals surface area contributed by atoms with Gasteiger partial charge in [-0.2, -0.15) is 0 Å². The van der Waals surface area contributed by atoms with Gasteiger partial charge in [-0.3, -0.25) is 4.98 Å². The molecule has 1 atom stereocenters. The summed E-state index contributed by atoms with van der Waals surface area (Å²) in [5.74, 6) is 0.799. The summed E-state index contributed by atoms with van der Waals surface area (Å²) in [6.45, 7) is 2.39. The summed E-state index contributed by atoms with van der Waals surface area (Å²) in [5.41, 5.74) is 1.98. The number of hydrogen-bond acceptors (Lipinski definition) is 3. The molecule has 5 heteroatoms. The third kappa shape index (κ3) is 4.49. The van der Waals surface area contributed by atoms with Crippen molar-refractivity contribution in [2.75, 3.05) is 7.11 Å². The lowest BCUT2D eigenvalue weighted by molar-refractivity contribution is 0.237. The number of ether oxygens (including phenoxy) is 1. The number of pyridine rings is 1. The molecule has 0 aliphatic heterocycles. The highest BCUT2D eigenvalue weighted by Crippen LogP contribution is 2.11. The van der Waals surface area contributed by atoms with E-state index in [1.807, 2.05) is 43.3 Å². The smallest absolute Gasteiger partial charge is 0.315 e. The Kier molecular flexibility index (Phi) is 5.15. The Balaban J connectivity index is 1.81. The van der Waals surface area contributed by atoms with Gasteiger partial charge in [0, 0.05) is 18.9 Å². The molecule has 0 saturated carbocycles. The fourth-order valence-electron chi connectivity index (χ4n) is 1.89. The zero-order valence-electron chi connectivity index (χ0n) is 12.2. The molecule has 0 aliphatic carbocycles. The van der Waals surface area contributed by atoms with Crippen molar-refractivity contribution < 1.29 is 9.53 Å². The van der Waals surface area contributed by atoms with E-state index in [2.05, 4.69) is 15.6 Å². The van der Waals surface area contributed by atoms with E-state index in [1.54, 1.807) is 19.5 Å². The maximum atomic E-state index is 11.9. The summed E-state index contributed by atoms with van der Waals surface area (Å²) in [4.78, 5) is 15.9. The lowest BCUT2D eigenvalue weighted by Crippen LogP contribution is -2.36. The third-order valence-electron chi connectivity index (χ3n) is 3.14. The molecule has 5 nitrogen and oxygen atoms in total. The van der Waals surface area contributed by atoms with Gasteiger partial charge in [0.1, 0.15) is 5.75 Å². The van der Waals surface area contributed by atoms with Gasteiger partial charge in [-0.25, -0.2) is 4.79 Å². The standard InChI is InChI=1S/C16H19N3O2/c1-12(14-4-3-9-17-11-14)19-16(20)18-10-13-5-7-15(21-2)8-6-13/h3-9,11-12H,10H2,1-2H3,(H2,18,19,20). The zero-order chi connectivity index (χ0) is 15.1. The van der Waals surface area contributed by atoms with Crippen LogP contribution >= 0.6 is 0 Å². The number of nitrogens with zero attached hydrogens (tertiary/aromatic N) is 1. The summed E-state index contributed by atoms with van der Waals surface area (Å²) in [5, 5.41) is 5.70. The summed E-state index contributed by atoms with van der Waals surface area (Å²) in [6, 6.07) is 11.1. The van der Waals surface area contributed by atoms with E-state index < -0.39 is 0 Å². The Morgan fingerprint density at radius 2 is 2.05 bits per heavy atom. The number of benzene rings is 1. The highest BCUT2D eigenvalue weighted by molar-refractivity contribution is 5.74. The van der Waals surface area contributed by atoms with Crippen molar-refractivity contribution in [3.05, 3.63) is 59.9 Å². The van der Waals surface area contributed by atoms with E-state index in [-0.39, 0.29) is 12.1 Å². The van der Waals surface area contributed by atoms with Crippen LogP contribution in [0.1, 0.15) is 24.1 Å². The Bertz CT molecular complexity index is 570. The van der Waals surface area contributed by atoms with Crippen LogP contribution in [0, 0.1) is 0 Å². The monoisotopic (exact) mass is 285 g/mol. The summed E-state index contributed by atoms with van der Waals surface area (Å²) < 4.78 is 5.09. The molecule has 1 heterocycles. The second-order valence-corrected chi connectivity index (χ2v) is 4.68. The van der Waals surface area contributed by atoms with Crippen LogP contribution in [0.2, 0.25) is 0 Å². The van der Waals surface area contributed by atoms with E-state index in [0.717, 1.165) is 16.9 Å². The molecule has 1 unspecified atom stereocenters. The van der Waals surface area contributed by atoms with Crippen molar-refractivity contribution in [2.45, 2.75) is 19.5 Å². The van der Waals surface area contributed by atoms with Crippen LogP contribution in [0.5, 0.6) is 5.75 Å². The molecule has 2 N–H and O–H groups in total. The lowest BCUT2D eigenvalue weighted by Gasteiger charge is -2.14. The molecule has 2 rings (SSSR count). The SMILES string of the molecule is COc1ccc(CNC(=O)NC(C)c2cccnc2)cc1. The molecule has 0 saturated heterocycles. The Morgan fingerprint density at radius 3 is 2.67 bits per heavy atom. The van der Waals surface area contributed by atoms with E-state index in [1.165, 1.54) is 0 Å². The first-order chi connectivity index (χ1) is 10.2. The van der Waals surface area contributed by atoms with Gasteiger partial charge in [-0.15, -0.1) is 0 Å². The van der Waals surface area contributed by atoms with Crippen LogP contribution < -0.4 is 15.4 Å². The number of nitrogens with one attached hydrogen (secondary N) is 2. The number of hydrogen-bond donors (Lipinski definition) is 2. The summed E-state index contributed by atoms with van der Waals surface area (Å²) in [6.07, 6.45) is 3.45. The topological polar surface area (TPSA) is 63.2 Å². The van der Waals surface area contributed by atoms with Gasteiger partial charge in [0.2, 0.25) is 0 Å². The quantitative estimate of drug-likeness (QED) is 0.887. The minimum Gasteiger partial charge on any atom is -0.497 e. The second-order valence-electron chi connectivity index (χ2n) is 4.68. The number of carbonyl (C=O) groups excluding carboxylic acids is 1. The minimum atomic E-state index is -0.206. The molecule has 0 aliphatic rings. The molecule has 110 valence electrons. The van der Waals surface area contributed by atoms with Crippen LogP contribution in [0.25, 0.3) is 0 Å². The zero-order valence-corrected chi connectivity index (χ0v) is 12.2. The van der Waals surface area contributed by atoms with Gasteiger partial charge in [0.05, 0.1) is 13.2 Å². The third-order valence-corrected chi connectivity index (χ3v) is 3.14. The maximum absolute atomic E-state index is 11.9. The predicted octanol–water partition coefficient (Wildman–Crippen LogP) is 2.65. The van der Waals surface area contributed by atoms with Crippen molar-refractivity contribution in [1.82, 2.24) is 15.6 Å². The summed E-state index contributed by atoms with van der Waals surface area (Å²) in [7, 11) is 1.63. The Labute approximate surface area is 124 Å². The fourth-order valence-corrected chi connectivity index (χ4v) is 1.89. The van der Waals surface area contributed by atoms with Crippen molar-refractivity contribution in [1.29, 1.82) is 0 Å². The van der Waals surface area contributed by atoms with Crippen LogP contribution in [0.3, 0.4) is 0 Å². The molecule has 0 radical (unpaired) electrons. The summed E-state index contributed by atoms with van der Waals surface area (Å²) >= 11 is 0. The maximum Gasteiger partial charge on any atom is 0.315 e. The number of rotatable bonds is 5. The molecule has 2 amide bonds. The first kappa shape index (κ1) is 14.8. The largest absolute Gasteiger partial charge is 0.497 e. The lowest BCUT2D eigenvalue weighted by atomic mass is 10.1. The van der Waals surface area contributed by atoms with Gasteiger partial charge in [-0.1, -0.05) is 18.2 Å². The molecular formula is C16H19N3O2. The van der Waals surface area contributed by atoms with Gasteiger partial charge >= 0.3 is 6.03 Å². The van der Waals surface area contributed by atoms with Crippen molar-refractivity contribution in [3.63, 3.8) is 0 Å². The normalized spacial score (nSPS) is 11.5. The minimum absolute atomic E-state index is 0.0884. The molecule has 21 heavy (non-hydrogen) atoms. The number of methoxy groups -OCH3 is 1. The fraction of sp³-hybridized carbons (Fsp3) is 0.250. The molecule has 0 fully saturated rings. The Hall–Kier alpha value is -2.56. The van der Waals surface area contributed by atoms with Crippen molar-refractivity contribution in [3.8, 4) is 5.75 Å². The van der Waals surface area contributed by atoms with E-state index >= 15 is 0 Å².